The summed E-state index contributed by atoms with van der Waals surface area (Å²) in [6.07, 6.45) is 5.98. The Morgan fingerprint density at radius 2 is 2.39 bits per heavy atom. The third kappa shape index (κ3) is 3.56. The summed E-state index contributed by atoms with van der Waals surface area (Å²) in [6, 6.07) is 0.652. The smallest absolute Gasteiger partial charge is 0.194 e. The second-order valence-corrected chi connectivity index (χ2v) is 5.56. The van der Waals surface area contributed by atoms with Crippen LogP contribution in [0.1, 0.15) is 38.3 Å². The molecule has 4 heteroatoms. The summed E-state index contributed by atoms with van der Waals surface area (Å²) in [7, 11) is 0. The van der Waals surface area contributed by atoms with E-state index in [1.165, 1.54) is 19.5 Å². The Morgan fingerprint density at radius 3 is 3.06 bits per heavy atom. The maximum atomic E-state index is 5.76. The van der Waals surface area contributed by atoms with Crippen molar-refractivity contribution >= 4 is 0 Å². The lowest BCUT2D eigenvalue weighted by Crippen LogP contribution is -2.28. The SMILES string of the molecule is CC(C)N1CCC(Cc2ncc(CCCN)o2)C1. The molecule has 1 atom stereocenters. The molecule has 1 aromatic heterocycles. The molecule has 18 heavy (non-hydrogen) atoms. The zero-order valence-corrected chi connectivity index (χ0v) is 11.6. The van der Waals surface area contributed by atoms with Crippen molar-refractivity contribution in [1.82, 2.24) is 9.88 Å². The quantitative estimate of drug-likeness (QED) is 0.838. The number of likely N-dealkylation sites (tertiary alicyclic amines) is 1. The van der Waals surface area contributed by atoms with Gasteiger partial charge in [0, 0.05) is 25.4 Å². The van der Waals surface area contributed by atoms with Crippen LogP contribution in [-0.4, -0.2) is 35.6 Å². The van der Waals surface area contributed by atoms with Crippen LogP contribution in [0.3, 0.4) is 0 Å². The first-order valence-corrected chi connectivity index (χ1v) is 7.06. The van der Waals surface area contributed by atoms with Crippen LogP contribution in [0.4, 0.5) is 0 Å². The normalized spacial score (nSPS) is 21.0. The van der Waals surface area contributed by atoms with Gasteiger partial charge in [-0.2, -0.15) is 0 Å². The molecule has 1 saturated heterocycles. The number of hydrogen-bond acceptors (Lipinski definition) is 4. The van der Waals surface area contributed by atoms with Gasteiger partial charge in [-0.05, 0) is 45.7 Å². The average molecular weight is 251 g/mol. The van der Waals surface area contributed by atoms with E-state index in [1.54, 1.807) is 0 Å². The molecule has 4 nitrogen and oxygen atoms in total. The molecule has 0 bridgehead atoms. The van der Waals surface area contributed by atoms with E-state index in [4.69, 9.17) is 10.2 Å². The van der Waals surface area contributed by atoms with Crippen LogP contribution < -0.4 is 5.73 Å². The van der Waals surface area contributed by atoms with E-state index >= 15 is 0 Å². The molecule has 0 radical (unpaired) electrons. The molecule has 0 amide bonds. The van der Waals surface area contributed by atoms with Gasteiger partial charge in [0.05, 0.1) is 6.20 Å². The highest BCUT2D eigenvalue weighted by molar-refractivity contribution is 4.96. The Labute approximate surface area is 110 Å². The Balaban J connectivity index is 1.81. The summed E-state index contributed by atoms with van der Waals surface area (Å²) in [4.78, 5) is 6.91. The summed E-state index contributed by atoms with van der Waals surface area (Å²) in [5.74, 6) is 2.58. The minimum Gasteiger partial charge on any atom is -0.446 e. The van der Waals surface area contributed by atoms with Crippen LogP contribution in [0.15, 0.2) is 10.6 Å². The zero-order chi connectivity index (χ0) is 13.0. The lowest BCUT2D eigenvalue weighted by molar-refractivity contribution is 0.262. The van der Waals surface area contributed by atoms with E-state index < -0.39 is 0 Å². The predicted octanol–water partition coefficient (Wildman–Crippen LogP) is 1.84. The lowest BCUT2D eigenvalue weighted by atomic mass is 10.1. The molecule has 2 rings (SSSR count). The van der Waals surface area contributed by atoms with Gasteiger partial charge in [-0.15, -0.1) is 0 Å². The van der Waals surface area contributed by atoms with Crippen LogP contribution in [0, 0.1) is 5.92 Å². The fourth-order valence-corrected chi connectivity index (χ4v) is 2.58. The number of oxazole rings is 1. The molecular weight excluding hydrogens is 226 g/mol. The van der Waals surface area contributed by atoms with Gasteiger partial charge >= 0.3 is 0 Å². The highest BCUT2D eigenvalue weighted by atomic mass is 16.4. The highest BCUT2D eigenvalue weighted by Crippen LogP contribution is 2.22. The van der Waals surface area contributed by atoms with Crippen molar-refractivity contribution in [3.05, 3.63) is 17.8 Å². The standard InChI is InChI=1S/C14H25N3O/c1-11(2)17-7-5-12(10-17)8-14-16-9-13(18-14)4-3-6-15/h9,11-12H,3-8,10,15H2,1-2H3. The molecular formula is C14H25N3O. The van der Waals surface area contributed by atoms with Crippen molar-refractivity contribution in [1.29, 1.82) is 0 Å². The molecule has 0 spiro atoms. The Kier molecular flexibility index (Phi) is 4.78. The number of nitrogens with zero attached hydrogens (tertiary/aromatic N) is 2. The average Bonchev–Trinajstić information content (AvgIpc) is 2.96. The van der Waals surface area contributed by atoms with Crippen molar-refractivity contribution in [3.63, 3.8) is 0 Å². The minimum absolute atomic E-state index is 0.652. The predicted molar refractivity (Wildman–Crippen MR) is 72.4 cm³/mol. The molecule has 1 aliphatic heterocycles. The number of aryl methyl sites for hydroxylation is 1. The van der Waals surface area contributed by atoms with E-state index in [2.05, 4.69) is 23.7 Å². The molecule has 0 saturated carbocycles. The molecule has 1 unspecified atom stereocenters. The van der Waals surface area contributed by atoms with Gasteiger partial charge in [-0.1, -0.05) is 0 Å². The van der Waals surface area contributed by atoms with Crippen molar-refractivity contribution in [2.75, 3.05) is 19.6 Å². The summed E-state index contributed by atoms with van der Waals surface area (Å²) in [5.41, 5.74) is 5.49. The van der Waals surface area contributed by atoms with Gasteiger partial charge in [0.15, 0.2) is 5.89 Å². The van der Waals surface area contributed by atoms with Crippen molar-refractivity contribution in [3.8, 4) is 0 Å². The van der Waals surface area contributed by atoms with Crippen LogP contribution >= 0.6 is 0 Å². The fourth-order valence-electron chi connectivity index (χ4n) is 2.58. The molecule has 0 aromatic carbocycles. The van der Waals surface area contributed by atoms with E-state index in [1.807, 2.05) is 6.20 Å². The van der Waals surface area contributed by atoms with Gasteiger partial charge in [-0.25, -0.2) is 4.98 Å². The maximum absolute atomic E-state index is 5.76. The number of nitrogens with two attached hydrogens (primary N) is 1. The molecule has 2 heterocycles. The van der Waals surface area contributed by atoms with Crippen molar-refractivity contribution in [2.24, 2.45) is 11.7 Å². The van der Waals surface area contributed by atoms with Crippen LogP contribution in [0.5, 0.6) is 0 Å². The van der Waals surface area contributed by atoms with E-state index in [0.29, 0.717) is 18.5 Å². The first kappa shape index (κ1) is 13.6. The molecule has 1 fully saturated rings. The topological polar surface area (TPSA) is 55.3 Å². The van der Waals surface area contributed by atoms with Gasteiger partial charge in [0.1, 0.15) is 5.76 Å². The van der Waals surface area contributed by atoms with E-state index in [0.717, 1.165) is 30.9 Å². The van der Waals surface area contributed by atoms with Gasteiger partial charge < -0.3 is 15.1 Å². The number of hydrogen-bond donors (Lipinski definition) is 1. The van der Waals surface area contributed by atoms with Crippen LogP contribution in [-0.2, 0) is 12.8 Å². The largest absolute Gasteiger partial charge is 0.446 e. The highest BCUT2D eigenvalue weighted by Gasteiger charge is 2.25. The lowest BCUT2D eigenvalue weighted by Gasteiger charge is -2.19. The van der Waals surface area contributed by atoms with E-state index in [-0.39, 0.29) is 0 Å². The van der Waals surface area contributed by atoms with Crippen LogP contribution in [0.2, 0.25) is 0 Å². The van der Waals surface area contributed by atoms with Gasteiger partial charge in [0.25, 0.3) is 0 Å². The summed E-state index contributed by atoms with van der Waals surface area (Å²) in [5, 5.41) is 0. The second-order valence-electron chi connectivity index (χ2n) is 5.56. The summed E-state index contributed by atoms with van der Waals surface area (Å²) >= 11 is 0. The van der Waals surface area contributed by atoms with Crippen molar-refractivity contribution < 1.29 is 4.42 Å². The maximum Gasteiger partial charge on any atom is 0.194 e. The first-order chi connectivity index (χ1) is 8.69. The number of aromatic nitrogens is 1. The third-order valence-electron chi connectivity index (χ3n) is 3.74. The summed E-state index contributed by atoms with van der Waals surface area (Å²) < 4.78 is 5.76. The Bertz CT molecular complexity index is 362. The molecule has 2 N–H and O–H groups in total. The summed E-state index contributed by atoms with van der Waals surface area (Å²) in [6.45, 7) is 7.63. The Morgan fingerprint density at radius 1 is 1.56 bits per heavy atom. The monoisotopic (exact) mass is 251 g/mol. The van der Waals surface area contributed by atoms with Crippen molar-refractivity contribution in [2.45, 2.75) is 45.6 Å². The van der Waals surface area contributed by atoms with E-state index in [9.17, 15) is 0 Å². The Hall–Kier alpha value is -0.870. The molecule has 1 aliphatic rings. The van der Waals surface area contributed by atoms with Gasteiger partial charge in [0.2, 0.25) is 0 Å². The third-order valence-corrected chi connectivity index (χ3v) is 3.74. The molecule has 0 aliphatic carbocycles. The second kappa shape index (κ2) is 6.34. The minimum atomic E-state index is 0.652. The number of rotatable bonds is 6. The first-order valence-electron chi connectivity index (χ1n) is 7.06. The van der Waals surface area contributed by atoms with Gasteiger partial charge in [-0.3, -0.25) is 0 Å². The zero-order valence-electron chi connectivity index (χ0n) is 11.6. The molecule has 1 aromatic rings. The fraction of sp³-hybridized carbons (Fsp3) is 0.786. The van der Waals surface area contributed by atoms with Crippen LogP contribution in [0.25, 0.3) is 0 Å². The molecule has 102 valence electrons.